The Morgan fingerprint density at radius 3 is 2.50 bits per heavy atom. The van der Waals surface area contributed by atoms with E-state index in [9.17, 15) is 4.79 Å². The lowest BCUT2D eigenvalue weighted by Crippen LogP contribution is -2.47. The fourth-order valence-corrected chi connectivity index (χ4v) is 1.99. The van der Waals surface area contributed by atoms with Crippen LogP contribution in [0.4, 0.5) is 0 Å². The van der Waals surface area contributed by atoms with Gasteiger partial charge in [-0.2, -0.15) is 0 Å². The Kier molecular flexibility index (Phi) is 4.74. The van der Waals surface area contributed by atoms with Crippen molar-refractivity contribution in [2.75, 3.05) is 27.3 Å². The topological polar surface area (TPSA) is 41.6 Å². The molecular weight excluding hydrogens is 204 g/mol. The molecule has 1 N–H and O–H groups in total. The van der Waals surface area contributed by atoms with E-state index in [1.807, 2.05) is 19.0 Å². The van der Waals surface area contributed by atoms with Gasteiger partial charge in [0.2, 0.25) is 5.91 Å². The van der Waals surface area contributed by atoms with Crippen LogP contribution in [-0.2, 0) is 9.53 Å². The van der Waals surface area contributed by atoms with Gasteiger partial charge in [-0.25, -0.2) is 0 Å². The van der Waals surface area contributed by atoms with E-state index in [2.05, 4.69) is 26.1 Å². The molecule has 0 radical (unpaired) electrons. The number of ether oxygens (including phenoxy) is 1. The van der Waals surface area contributed by atoms with Gasteiger partial charge in [0, 0.05) is 19.1 Å². The summed E-state index contributed by atoms with van der Waals surface area (Å²) in [6, 6.07) is 0.430. The number of rotatable bonds is 4. The van der Waals surface area contributed by atoms with E-state index in [0.717, 1.165) is 0 Å². The van der Waals surface area contributed by atoms with Crippen LogP contribution in [-0.4, -0.2) is 50.2 Å². The summed E-state index contributed by atoms with van der Waals surface area (Å²) in [6.45, 7) is 7.54. The zero-order valence-electron chi connectivity index (χ0n) is 11.0. The maximum Gasteiger partial charge on any atom is 0.229 e. The summed E-state index contributed by atoms with van der Waals surface area (Å²) in [4.78, 5) is 14.1. The van der Waals surface area contributed by atoms with E-state index in [-0.39, 0.29) is 23.9 Å². The number of carbonyl (C=O) groups is 1. The number of hydrogen-bond donors (Lipinski definition) is 1. The molecule has 94 valence electrons. The van der Waals surface area contributed by atoms with Crippen molar-refractivity contribution in [3.8, 4) is 0 Å². The average Bonchev–Trinajstić information content (AvgIpc) is 2.73. The molecule has 4 heteroatoms. The molecule has 16 heavy (non-hydrogen) atoms. The van der Waals surface area contributed by atoms with Gasteiger partial charge in [0.25, 0.3) is 0 Å². The molecule has 1 fully saturated rings. The van der Waals surface area contributed by atoms with Crippen LogP contribution in [0, 0.1) is 11.8 Å². The second-order valence-electron chi connectivity index (χ2n) is 4.97. The summed E-state index contributed by atoms with van der Waals surface area (Å²) < 4.78 is 5.36. The first-order valence-corrected chi connectivity index (χ1v) is 6.00. The zero-order chi connectivity index (χ0) is 12.3. The molecule has 3 atom stereocenters. The summed E-state index contributed by atoms with van der Waals surface area (Å²) in [5.74, 6) is 0.638. The first kappa shape index (κ1) is 13.5. The number of amides is 1. The van der Waals surface area contributed by atoms with Crippen LogP contribution < -0.4 is 5.32 Å². The van der Waals surface area contributed by atoms with E-state index in [1.165, 1.54) is 0 Å². The zero-order valence-corrected chi connectivity index (χ0v) is 11.0. The minimum atomic E-state index is -0.0313. The average molecular weight is 228 g/mol. The molecule has 0 bridgehead atoms. The molecule has 0 aromatic carbocycles. The SMILES string of the molecule is CNC1COCC1C(=O)N(C)C(C)C(C)C. The lowest BCUT2D eigenvalue weighted by molar-refractivity contribution is -0.137. The van der Waals surface area contributed by atoms with Crippen molar-refractivity contribution in [1.29, 1.82) is 0 Å². The third kappa shape index (κ3) is 2.74. The minimum Gasteiger partial charge on any atom is -0.379 e. The van der Waals surface area contributed by atoms with E-state index >= 15 is 0 Å². The van der Waals surface area contributed by atoms with Crippen molar-refractivity contribution in [3.63, 3.8) is 0 Å². The van der Waals surface area contributed by atoms with Gasteiger partial charge in [-0.3, -0.25) is 4.79 Å². The number of nitrogens with one attached hydrogen (secondary N) is 1. The molecule has 1 heterocycles. The molecule has 0 aliphatic carbocycles. The molecule has 0 aromatic heterocycles. The predicted octanol–water partition coefficient (Wildman–Crippen LogP) is 0.724. The molecule has 0 spiro atoms. The molecule has 1 amide bonds. The minimum absolute atomic E-state index is 0.0313. The van der Waals surface area contributed by atoms with Crippen molar-refractivity contribution < 1.29 is 9.53 Å². The summed E-state index contributed by atoms with van der Waals surface area (Å²) in [5, 5.41) is 3.15. The third-order valence-corrected chi connectivity index (χ3v) is 3.69. The van der Waals surface area contributed by atoms with Crippen molar-refractivity contribution >= 4 is 5.91 Å². The van der Waals surface area contributed by atoms with E-state index in [1.54, 1.807) is 0 Å². The molecule has 0 aromatic rings. The van der Waals surface area contributed by atoms with Crippen LogP contribution in [0.1, 0.15) is 20.8 Å². The van der Waals surface area contributed by atoms with Gasteiger partial charge in [-0.1, -0.05) is 13.8 Å². The normalized spacial score (nSPS) is 27.1. The Hall–Kier alpha value is -0.610. The molecule has 1 rings (SSSR count). The second kappa shape index (κ2) is 5.64. The van der Waals surface area contributed by atoms with Gasteiger partial charge in [0.1, 0.15) is 0 Å². The summed E-state index contributed by atoms with van der Waals surface area (Å²) in [7, 11) is 3.77. The van der Waals surface area contributed by atoms with Crippen LogP contribution in [0.2, 0.25) is 0 Å². The van der Waals surface area contributed by atoms with Crippen LogP contribution >= 0.6 is 0 Å². The first-order chi connectivity index (χ1) is 7.49. The van der Waals surface area contributed by atoms with Gasteiger partial charge in [-0.05, 0) is 19.9 Å². The molecule has 0 saturated carbocycles. The Balaban J connectivity index is 2.62. The largest absolute Gasteiger partial charge is 0.379 e. The number of carbonyl (C=O) groups excluding carboxylic acids is 1. The molecule has 3 unspecified atom stereocenters. The Morgan fingerprint density at radius 2 is 2.00 bits per heavy atom. The monoisotopic (exact) mass is 228 g/mol. The Labute approximate surface area is 98.3 Å². The van der Waals surface area contributed by atoms with Crippen LogP contribution in [0.5, 0.6) is 0 Å². The number of hydrogen-bond acceptors (Lipinski definition) is 3. The molecule has 4 nitrogen and oxygen atoms in total. The molecule has 1 saturated heterocycles. The summed E-state index contributed by atoms with van der Waals surface area (Å²) in [6.07, 6.45) is 0. The highest BCUT2D eigenvalue weighted by atomic mass is 16.5. The molecular formula is C12H24N2O2. The highest BCUT2D eigenvalue weighted by Crippen LogP contribution is 2.19. The lowest BCUT2D eigenvalue weighted by atomic mass is 9.99. The second-order valence-corrected chi connectivity index (χ2v) is 4.97. The van der Waals surface area contributed by atoms with E-state index in [4.69, 9.17) is 4.74 Å². The summed E-state index contributed by atoms with van der Waals surface area (Å²) >= 11 is 0. The number of likely N-dealkylation sites (N-methyl/N-ethyl adjacent to an activating group) is 1. The quantitative estimate of drug-likeness (QED) is 0.771. The van der Waals surface area contributed by atoms with E-state index in [0.29, 0.717) is 19.1 Å². The fraction of sp³-hybridized carbons (Fsp3) is 0.917. The maximum absolute atomic E-state index is 12.3. The van der Waals surface area contributed by atoms with Gasteiger partial charge < -0.3 is 15.0 Å². The number of nitrogens with zero attached hydrogens (tertiary/aromatic N) is 1. The van der Waals surface area contributed by atoms with Crippen LogP contribution in [0.15, 0.2) is 0 Å². The van der Waals surface area contributed by atoms with Crippen molar-refractivity contribution in [1.82, 2.24) is 10.2 Å². The highest BCUT2D eigenvalue weighted by Gasteiger charge is 2.36. The molecule has 1 aliphatic rings. The van der Waals surface area contributed by atoms with Crippen molar-refractivity contribution in [2.45, 2.75) is 32.9 Å². The maximum atomic E-state index is 12.3. The third-order valence-electron chi connectivity index (χ3n) is 3.69. The molecule has 1 aliphatic heterocycles. The Bertz CT molecular complexity index is 243. The summed E-state index contributed by atoms with van der Waals surface area (Å²) in [5.41, 5.74) is 0. The van der Waals surface area contributed by atoms with Gasteiger partial charge in [0.05, 0.1) is 19.1 Å². The highest BCUT2D eigenvalue weighted by molar-refractivity contribution is 5.80. The van der Waals surface area contributed by atoms with Gasteiger partial charge in [-0.15, -0.1) is 0 Å². The first-order valence-electron chi connectivity index (χ1n) is 6.00. The predicted molar refractivity (Wildman–Crippen MR) is 64.2 cm³/mol. The van der Waals surface area contributed by atoms with Crippen molar-refractivity contribution in [3.05, 3.63) is 0 Å². The van der Waals surface area contributed by atoms with Crippen LogP contribution in [0.3, 0.4) is 0 Å². The van der Waals surface area contributed by atoms with Crippen LogP contribution in [0.25, 0.3) is 0 Å². The Morgan fingerprint density at radius 1 is 1.38 bits per heavy atom. The standard InChI is InChI=1S/C12H24N2O2/c1-8(2)9(3)14(5)12(15)10-6-16-7-11(10)13-4/h8-11,13H,6-7H2,1-5H3. The fourth-order valence-electron chi connectivity index (χ4n) is 1.99. The van der Waals surface area contributed by atoms with E-state index < -0.39 is 0 Å². The van der Waals surface area contributed by atoms with Gasteiger partial charge >= 0.3 is 0 Å². The lowest BCUT2D eigenvalue weighted by Gasteiger charge is -2.31. The smallest absolute Gasteiger partial charge is 0.229 e. The van der Waals surface area contributed by atoms with Gasteiger partial charge in [0.15, 0.2) is 0 Å². The van der Waals surface area contributed by atoms with Crippen molar-refractivity contribution in [2.24, 2.45) is 11.8 Å².